The van der Waals surface area contributed by atoms with Crippen LogP contribution < -0.4 is 10.1 Å². The van der Waals surface area contributed by atoms with Gasteiger partial charge in [-0.05, 0) is 53.9 Å². The summed E-state index contributed by atoms with van der Waals surface area (Å²) in [4.78, 5) is 0. The highest BCUT2D eigenvalue weighted by Crippen LogP contribution is 2.19. The van der Waals surface area contributed by atoms with Crippen molar-refractivity contribution in [3.63, 3.8) is 0 Å². The monoisotopic (exact) mass is 317 g/mol. The van der Waals surface area contributed by atoms with E-state index >= 15 is 0 Å². The van der Waals surface area contributed by atoms with Crippen LogP contribution in [-0.2, 0) is 19.6 Å². The van der Waals surface area contributed by atoms with Crippen molar-refractivity contribution in [2.24, 2.45) is 0 Å². The Morgan fingerprint density at radius 1 is 1.05 bits per heavy atom. The number of rotatable bonds is 3. The fourth-order valence-electron chi connectivity index (χ4n) is 2.32. The third kappa shape index (κ3) is 3.17. The normalized spacial score (nSPS) is 13.9. The van der Waals surface area contributed by atoms with E-state index in [1.54, 1.807) is 0 Å². The molecule has 3 heteroatoms. The summed E-state index contributed by atoms with van der Waals surface area (Å²) in [5, 5.41) is 3.39. The van der Waals surface area contributed by atoms with Crippen LogP contribution in [0.4, 0.5) is 0 Å². The summed E-state index contributed by atoms with van der Waals surface area (Å²) in [6.45, 7) is 2.69. The van der Waals surface area contributed by atoms with E-state index in [2.05, 4.69) is 39.4 Å². The average molecular weight is 318 g/mol. The summed E-state index contributed by atoms with van der Waals surface area (Å²) in [5.41, 5.74) is 4.11. The number of hydrogen-bond donors (Lipinski definition) is 1. The van der Waals surface area contributed by atoms with Gasteiger partial charge in [0.15, 0.2) is 0 Å². The molecule has 0 fully saturated rings. The van der Waals surface area contributed by atoms with Crippen molar-refractivity contribution < 1.29 is 4.74 Å². The SMILES string of the molecule is Brc1ccc(OCc2ccc3c(c2)CCNC3)cc1. The van der Waals surface area contributed by atoms with Crippen LogP contribution in [0.15, 0.2) is 46.9 Å². The van der Waals surface area contributed by atoms with Gasteiger partial charge in [0.05, 0.1) is 0 Å². The van der Waals surface area contributed by atoms with Gasteiger partial charge in [-0.3, -0.25) is 0 Å². The molecule has 0 saturated carbocycles. The Hall–Kier alpha value is -1.32. The number of nitrogens with one attached hydrogen (secondary N) is 1. The van der Waals surface area contributed by atoms with Crippen molar-refractivity contribution in [1.29, 1.82) is 0 Å². The lowest BCUT2D eigenvalue weighted by Crippen LogP contribution is -2.23. The molecule has 0 unspecified atom stereocenters. The third-order valence-corrected chi connectivity index (χ3v) is 3.91. The zero-order valence-corrected chi connectivity index (χ0v) is 12.2. The first kappa shape index (κ1) is 12.7. The van der Waals surface area contributed by atoms with Crippen LogP contribution in [0.1, 0.15) is 16.7 Å². The highest BCUT2D eigenvalue weighted by molar-refractivity contribution is 9.10. The maximum atomic E-state index is 5.80. The molecule has 2 nitrogen and oxygen atoms in total. The van der Waals surface area contributed by atoms with Crippen molar-refractivity contribution >= 4 is 15.9 Å². The second-order valence-electron chi connectivity index (χ2n) is 4.77. The highest BCUT2D eigenvalue weighted by atomic mass is 79.9. The van der Waals surface area contributed by atoms with Crippen LogP contribution in [0.5, 0.6) is 5.75 Å². The van der Waals surface area contributed by atoms with Crippen LogP contribution in [0.2, 0.25) is 0 Å². The first-order valence-electron chi connectivity index (χ1n) is 6.51. The topological polar surface area (TPSA) is 21.3 Å². The van der Waals surface area contributed by atoms with Crippen LogP contribution in [-0.4, -0.2) is 6.54 Å². The van der Waals surface area contributed by atoms with Gasteiger partial charge in [-0.25, -0.2) is 0 Å². The Morgan fingerprint density at radius 3 is 2.74 bits per heavy atom. The minimum absolute atomic E-state index is 0.627. The molecule has 0 spiro atoms. The number of ether oxygens (including phenoxy) is 1. The van der Waals surface area contributed by atoms with Gasteiger partial charge in [0.1, 0.15) is 12.4 Å². The summed E-state index contributed by atoms with van der Waals surface area (Å²) in [5.74, 6) is 0.905. The number of halogens is 1. The molecule has 1 aliphatic heterocycles. The molecule has 0 aromatic heterocycles. The first-order valence-corrected chi connectivity index (χ1v) is 7.30. The fourth-order valence-corrected chi connectivity index (χ4v) is 2.58. The lowest BCUT2D eigenvalue weighted by molar-refractivity contribution is 0.306. The van der Waals surface area contributed by atoms with E-state index in [0.717, 1.165) is 29.7 Å². The van der Waals surface area contributed by atoms with E-state index in [1.807, 2.05) is 24.3 Å². The summed E-state index contributed by atoms with van der Waals surface area (Å²) in [6, 6.07) is 14.6. The molecule has 1 aliphatic rings. The van der Waals surface area contributed by atoms with Crippen molar-refractivity contribution in [3.05, 3.63) is 63.6 Å². The quantitative estimate of drug-likeness (QED) is 0.932. The smallest absolute Gasteiger partial charge is 0.119 e. The maximum Gasteiger partial charge on any atom is 0.119 e. The summed E-state index contributed by atoms with van der Waals surface area (Å²) >= 11 is 3.42. The lowest BCUT2D eigenvalue weighted by atomic mass is 9.99. The van der Waals surface area contributed by atoms with Gasteiger partial charge in [-0.2, -0.15) is 0 Å². The minimum atomic E-state index is 0.627. The second-order valence-corrected chi connectivity index (χ2v) is 5.69. The molecule has 19 heavy (non-hydrogen) atoms. The van der Waals surface area contributed by atoms with Crippen LogP contribution in [0.25, 0.3) is 0 Å². The van der Waals surface area contributed by atoms with E-state index in [0.29, 0.717) is 6.61 Å². The van der Waals surface area contributed by atoms with E-state index in [4.69, 9.17) is 4.74 Å². The van der Waals surface area contributed by atoms with Gasteiger partial charge >= 0.3 is 0 Å². The summed E-state index contributed by atoms with van der Waals surface area (Å²) in [7, 11) is 0. The van der Waals surface area contributed by atoms with Gasteiger partial charge < -0.3 is 10.1 Å². The molecule has 0 saturated heterocycles. The highest BCUT2D eigenvalue weighted by Gasteiger charge is 2.08. The standard InChI is InChI=1S/C16H16BrNO/c17-15-3-5-16(6-4-15)19-11-12-1-2-14-10-18-8-7-13(14)9-12/h1-6,9,18H,7-8,10-11H2. The van der Waals surface area contributed by atoms with Crippen molar-refractivity contribution in [3.8, 4) is 5.75 Å². The van der Waals surface area contributed by atoms with Gasteiger partial charge in [0.25, 0.3) is 0 Å². The molecular weight excluding hydrogens is 302 g/mol. The Morgan fingerprint density at radius 2 is 1.89 bits per heavy atom. The van der Waals surface area contributed by atoms with E-state index in [-0.39, 0.29) is 0 Å². The molecule has 2 aromatic rings. The maximum absolute atomic E-state index is 5.80. The third-order valence-electron chi connectivity index (χ3n) is 3.38. The predicted octanol–water partition coefficient (Wildman–Crippen LogP) is 3.67. The average Bonchev–Trinajstić information content (AvgIpc) is 2.46. The Labute approximate surface area is 121 Å². The van der Waals surface area contributed by atoms with E-state index in [1.165, 1.54) is 16.7 Å². The second kappa shape index (κ2) is 5.76. The van der Waals surface area contributed by atoms with Crippen LogP contribution in [0, 0.1) is 0 Å². The Bertz CT molecular complexity index is 565. The Balaban J connectivity index is 1.68. The molecule has 1 heterocycles. The molecule has 2 aromatic carbocycles. The first-order chi connectivity index (χ1) is 9.31. The molecule has 0 aliphatic carbocycles. The number of hydrogen-bond acceptors (Lipinski definition) is 2. The van der Waals surface area contributed by atoms with Gasteiger partial charge in [-0.1, -0.05) is 34.1 Å². The zero-order chi connectivity index (χ0) is 13.1. The van der Waals surface area contributed by atoms with Gasteiger partial charge in [0, 0.05) is 11.0 Å². The molecular formula is C16H16BrNO. The fraction of sp³-hybridized carbons (Fsp3) is 0.250. The molecule has 1 N–H and O–H groups in total. The predicted molar refractivity (Wildman–Crippen MR) is 80.3 cm³/mol. The number of fused-ring (bicyclic) bond motifs is 1. The zero-order valence-electron chi connectivity index (χ0n) is 10.7. The van der Waals surface area contributed by atoms with Crippen molar-refractivity contribution in [2.75, 3.05) is 6.54 Å². The number of benzene rings is 2. The minimum Gasteiger partial charge on any atom is -0.489 e. The van der Waals surface area contributed by atoms with Crippen LogP contribution >= 0.6 is 15.9 Å². The van der Waals surface area contributed by atoms with Gasteiger partial charge in [-0.15, -0.1) is 0 Å². The molecule has 3 rings (SSSR count). The van der Waals surface area contributed by atoms with Crippen molar-refractivity contribution in [1.82, 2.24) is 5.32 Å². The van der Waals surface area contributed by atoms with E-state index < -0.39 is 0 Å². The van der Waals surface area contributed by atoms with Gasteiger partial charge in [0.2, 0.25) is 0 Å². The lowest BCUT2D eigenvalue weighted by Gasteiger charge is -2.18. The molecule has 0 amide bonds. The summed E-state index contributed by atoms with van der Waals surface area (Å²) in [6.07, 6.45) is 1.11. The van der Waals surface area contributed by atoms with Crippen molar-refractivity contribution in [2.45, 2.75) is 19.6 Å². The van der Waals surface area contributed by atoms with E-state index in [9.17, 15) is 0 Å². The van der Waals surface area contributed by atoms with Crippen LogP contribution in [0.3, 0.4) is 0 Å². The Kier molecular flexibility index (Phi) is 3.85. The molecule has 98 valence electrons. The summed E-state index contributed by atoms with van der Waals surface area (Å²) < 4.78 is 6.87. The molecule has 0 bridgehead atoms. The largest absolute Gasteiger partial charge is 0.489 e. The molecule has 0 atom stereocenters. The molecule has 0 radical (unpaired) electrons.